The van der Waals surface area contributed by atoms with E-state index in [-0.39, 0.29) is 121 Å². The maximum absolute atomic E-state index is 15.3. The zero-order valence-electron chi connectivity index (χ0n) is 52.2. The summed E-state index contributed by atoms with van der Waals surface area (Å²) in [7, 11) is 0. The van der Waals surface area contributed by atoms with E-state index in [2.05, 4.69) is 37.4 Å². The maximum atomic E-state index is 15.3. The second kappa shape index (κ2) is 33.5. The Morgan fingerprint density at radius 2 is 1.24 bits per heavy atom. The molecule has 5 saturated heterocycles. The van der Waals surface area contributed by atoms with Crippen LogP contribution >= 0.6 is 0 Å². The van der Waals surface area contributed by atoms with Crippen LogP contribution in [0.1, 0.15) is 145 Å². The molecule has 10 N–H and O–H groups in total. The van der Waals surface area contributed by atoms with Gasteiger partial charge in [0.25, 0.3) is 41.4 Å². The number of fused-ring (bicyclic) bond motifs is 2. The van der Waals surface area contributed by atoms with E-state index in [1.165, 1.54) is 13.8 Å². The first-order valence-electron chi connectivity index (χ1n) is 30.4. The first-order chi connectivity index (χ1) is 42.4. The molecule has 5 rings (SSSR count). The third-order valence-corrected chi connectivity index (χ3v) is 15.9. The molecular weight excluding hydrogens is 1190 g/mol. The maximum Gasteiger partial charge on any atom is 0.334 e. The monoisotopic (exact) mass is 1280 g/mol. The van der Waals surface area contributed by atoms with Gasteiger partial charge >= 0.3 is 17.9 Å². The van der Waals surface area contributed by atoms with Gasteiger partial charge in [0.05, 0.1) is 38.7 Å². The molecule has 5 fully saturated rings. The van der Waals surface area contributed by atoms with Gasteiger partial charge in [-0.3, -0.25) is 68.0 Å². The molecule has 0 bridgehead atoms. The molecule has 10 atom stereocenters. The second-order valence-corrected chi connectivity index (χ2v) is 23.6. The van der Waals surface area contributed by atoms with Gasteiger partial charge in [-0.15, -0.1) is 5.06 Å². The predicted octanol–water partition coefficient (Wildman–Crippen LogP) is -3.33. The summed E-state index contributed by atoms with van der Waals surface area (Å²) >= 11 is 0. The number of carbonyl (C=O) groups is 14. The van der Waals surface area contributed by atoms with Gasteiger partial charge in [0.2, 0.25) is 29.4 Å². The van der Waals surface area contributed by atoms with Crippen molar-refractivity contribution in [2.75, 3.05) is 52.5 Å². The Kier molecular flexibility index (Phi) is 27.3. The number of imide groups is 1. The molecule has 0 aromatic carbocycles. The summed E-state index contributed by atoms with van der Waals surface area (Å²) < 4.78 is 17.3. The molecule has 504 valence electrons. The molecule has 0 aromatic heterocycles. The Labute approximate surface area is 519 Å². The average Bonchev–Trinajstić information content (AvgIpc) is 0.913. The lowest BCUT2D eigenvalue weighted by Crippen LogP contribution is -2.70. The van der Waals surface area contributed by atoms with Crippen LogP contribution in [0, 0.1) is 17.8 Å². The molecule has 11 amide bonds. The number of esters is 1. The van der Waals surface area contributed by atoms with Gasteiger partial charge in [-0.25, -0.2) is 30.3 Å². The molecule has 0 radical (unpaired) electrons. The zero-order chi connectivity index (χ0) is 66.8. The molecule has 0 aliphatic carbocycles. The fraction of sp³-hybridized carbons (Fsp3) is 0.750. The number of rotatable bonds is 23. The first kappa shape index (κ1) is 73.2. The minimum Gasteiger partial charge on any atom is -0.458 e. The predicted molar refractivity (Wildman–Crippen MR) is 304 cm³/mol. The number of hydrogen-bond acceptors (Lipinski definition) is 24. The highest BCUT2D eigenvalue weighted by atomic mass is 16.7. The molecule has 10 unspecified atom stereocenters. The molecule has 5 aliphatic rings. The minimum absolute atomic E-state index is 0.00703. The number of aliphatic hydroxyl groups is 2. The summed E-state index contributed by atoms with van der Waals surface area (Å²) in [5, 5.41) is 50.0. The quantitative estimate of drug-likeness (QED) is 0.0207. The van der Waals surface area contributed by atoms with E-state index >= 15 is 9.59 Å². The van der Waals surface area contributed by atoms with Gasteiger partial charge in [-0.2, -0.15) is 5.06 Å². The highest BCUT2D eigenvalue weighted by molar-refractivity contribution is 6.02. The van der Waals surface area contributed by atoms with Crippen molar-refractivity contribution in [3.63, 3.8) is 0 Å². The van der Waals surface area contributed by atoms with Gasteiger partial charge in [0, 0.05) is 71.2 Å². The van der Waals surface area contributed by atoms with E-state index in [9.17, 15) is 73.0 Å². The molecule has 34 heteroatoms. The standard InChI is InChI=1S/C56H88N12O22/c1-31(2)29-36-19-21-56(84,88-35(36)7)55(8,83)54(82)63-47-48(32(3)4)87-53(81)34(6)66(85)50(78)37-11-9-22-61-64(37)44(74)30-60-49(77)33(5)67(51(79)38-12-10-23-62-65(38)52(47)80)89-46(76)20-24-57-39(69)13-14-40(70)58-25-27-86-28-26-59-41(71)15-18-45(75)90-68-42(72)16-17-43(68)73/h31-38,47-48,61-62,83-85H,9-30H2,1-8H3,(H,57,69)(H,58,70)(H,59,71)(H,60,77)(H,63,82). The van der Waals surface area contributed by atoms with Crippen molar-refractivity contribution in [2.24, 2.45) is 17.8 Å². The number of amides is 11. The zero-order valence-corrected chi connectivity index (χ0v) is 52.2. The van der Waals surface area contributed by atoms with Gasteiger partial charge < -0.3 is 60.7 Å². The van der Waals surface area contributed by atoms with Crippen molar-refractivity contribution in [3.8, 4) is 0 Å². The smallest absolute Gasteiger partial charge is 0.334 e. The number of hydroxylamine groups is 6. The number of hydrogen-bond donors (Lipinski definition) is 10. The number of nitrogens with zero attached hydrogens (tertiary/aromatic N) is 5. The van der Waals surface area contributed by atoms with Gasteiger partial charge in [0.1, 0.15) is 30.3 Å². The van der Waals surface area contributed by atoms with E-state index in [1.807, 2.05) is 13.8 Å². The van der Waals surface area contributed by atoms with Crippen LogP contribution in [0.4, 0.5) is 0 Å². The topological polar surface area (TPSA) is 446 Å². The fourth-order valence-electron chi connectivity index (χ4n) is 10.5. The molecule has 0 spiro atoms. The van der Waals surface area contributed by atoms with Crippen LogP contribution in [0.2, 0.25) is 0 Å². The van der Waals surface area contributed by atoms with Crippen LogP contribution < -0.4 is 37.4 Å². The molecule has 90 heavy (non-hydrogen) atoms. The largest absolute Gasteiger partial charge is 0.458 e. The lowest BCUT2D eigenvalue weighted by molar-refractivity contribution is -0.326. The molecule has 5 heterocycles. The van der Waals surface area contributed by atoms with E-state index in [0.717, 1.165) is 30.8 Å². The number of ether oxygens (including phenoxy) is 3. The summed E-state index contributed by atoms with van der Waals surface area (Å²) in [6.07, 6.45) is -3.39. The summed E-state index contributed by atoms with van der Waals surface area (Å²) in [5.74, 6) is -16.6. The average molecular weight is 1280 g/mol. The Balaban J connectivity index is 1.27. The molecule has 0 saturated carbocycles. The summed E-state index contributed by atoms with van der Waals surface area (Å²) in [4.78, 5) is 197. The lowest BCUT2D eigenvalue weighted by atomic mass is 9.79. The highest BCUT2D eigenvalue weighted by Gasteiger charge is 2.57. The second-order valence-electron chi connectivity index (χ2n) is 23.6. The normalized spacial score (nSPS) is 26.7. The van der Waals surface area contributed by atoms with Gasteiger partial charge in [-0.05, 0) is 84.0 Å². The first-order valence-corrected chi connectivity index (χ1v) is 30.4. The van der Waals surface area contributed by atoms with Crippen LogP contribution in [-0.4, -0.2) is 230 Å². The van der Waals surface area contributed by atoms with Gasteiger partial charge in [0.15, 0.2) is 11.6 Å². The van der Waals surface area contributed by atoms with E-state index in [1.54, 1.807) is 6.92 Å². The highest BCUT2D eigenvalue weighted by Crippen LogP contribution is 2.40. The van der Waals surface area contributed by atoms with Crippen molar-refractivity contribution in [1.82, 2.24) is 62.6 Å². The number of nitrogens with one attached hydrogen (secondary N) is 7. The van der Waals surface area contributed by atoms with E-state index in [4.69, 9.17) is 23.9 Å². The summed E-state index contributed by atoms with van der Waals surface area (Å²) in [5.41, 5.74) is 2.74. The summed E-state index contributed by atoms with van der Waals surface area (Å²) in [6.45, 7) is 11.0. The van der Waals surface area contributed by atoms with Gasteiger partial charge in [-0.1, -0.05) is 27.7 Å². The van der Waals surface area contributed by atoms with E-state index < -0.39 is 162 Å². The van der Waals surface area contributed by atoms with Crippen LogP contribution in [0.15, 0.2) is 0 Å². The Hall–Kier alpha value is -7.50. The molecule has 34 nitrogen and oxygen atoms in total. The van der Waals surface area contributed by atoms with Crippen molar-refractivity contribution < 1.29 is 106 Å². The van der Waals surface area contributed by atoms with Crippen molar-refractivity contribution in [1.29, 1.82) is 0 Å². The number of hydrazine groups is 2. The Morgan fingerprint density at radius 3 is 1.81 bits per heavy atom. The van der Waals surface area contributed by atoms with Crippen molar-refractivity contribution in [2.45, 2.75) is 199 Å². The number of cyclic esters (lactones) is 1. The SMILES string of the molecule is CC(C)CC1CCC(O)(C(C)(O)C(=O)NC2C(=O)N3NCCCC3C(=O)N(OC(=O)CCNC(=O)CCC(=O)NCCOCCNC(=O)CCC(=O)ON3C(=O)CCC3=O)C(C)C(=O)NCC(=O)N3NCCCC3C(=O)N(O)C(C)C(=O)OC2C(C)C)OC1C. The van der Waals surface area contributed by atoms with Crippen molar-refractivity contribution in [3.05, 3.63) is 0 Å². The summed E-state index contributed by atoms with van der Waals surface area (Å²) in [6, 6.07) is -8.82. The Morgan fingerprint density at radius 1 is 0.700 bits per heavy atom. The minimum atomic E-state index is -2.81. The lowest BCUT2D eigenvalue weighted by Gasteiger charge is -2.47. The molecule has 5 aliphatic heterocycles. The molecule has 0 aromatic rings. The number of carbonyl (C=O) groups excluding carboxylic acids is 14. The molecular formula is C56H88N12O22. The Bertz CT molecular complexity index is 2650. The van der Waals surface area contributed by atoms with Crippen LogP contribution in [0.5, 0.6) is 0 Å². The van der Waals surface area contributed by atoms with Crippen LogP contribution in [-0.2, 0) is 91.0 Å². The van der Waals surface area contributed by atoms with Crippen LogP contribution in [0.25, 0.3) is 0 Å². The van der Waals surface area contributed by atoms with Crippen LogP contribution in [0.3, 0.4) is 0 Å². The fourth-order valence-corrected chi connectivity index (χ4v) is 10.5. The van der Waals surface area contributed by atoms with E-state index in [0.29, 0.717) is 29.4 Å². The third-order valence-electron chi connectivity index (χ3n) is 15.9. The van der Waals surface area contributed by atoms with Crippen molar-refractivity contribution >= 4 is 82.9 Å². The third kappa shape index (κ3) is 19.8.